The molecule has 3 aromatic rings. The molecule has 1 amide bonds. The van der Waals surface area contributed by atoms with E-state index in [0.29, 0.717) is 19.6 Å². The van der Waals surface area contributed by atoms with E-state index in [4.69, 9.17) is 9.72 Å². The van der Waals surface area contributed by atoms with Gasteiger partial charge in [-0.15, -0.1) is 0 Å². The summed E-state index contributed by atoms with van der Waals surface area (Å²) in [7, 11) is 0. The summed E-state index contributed by atoms with van der Waals surface area (Å²) < 4.78 is 8.33. The summed E-state index contributed by atoms with van der Waals surface area (Å²) in [6, 6.07) is 16.6. The van der Waals surface area contributed by atoms with Gasteiger partial charge < -0.3 is 14.2 Å². The second-order valence-corrected chi connectivity index (χ2v) is 9.83. The first-order chi connectivity index (χ1) is 15.4. The molecule has 1 aromatic heterocycles. The Labute approximate surface area is 191 Å². The van der Waals surface area contributed by atoms with Gasteiger partial charge in [0.1, 0.15) is 18.2 Å². The molecule has 1 atom stereocenters. The Bertz CT molecular complexity index is 1060. The quantitative estimate of drug-likeness (QED) is 0.469. The number of benzene rings is 2. The number of hydrogen-bond donors (Lipinski definition) is 0. The van der Waals surface area contributed by atoms with E-state index in [-0.39, 0.29) is 17.2 Å². The zero-order chi connectivity index (χ0) is 22.7. The number of imidazole rings is 1. The molecular weight excluding hydrogens is 398 g/mol. The highest BCUT2D eigenvalue weighted by Gasteiger charge is 2.33. The Morgan fingerprint density at radius 2 is 1.81 bits per heavy atom. The fourth-order valence-corrected chi connectivity index (χ4v) is 4.46. The molecule has 32 heavy (non-hydrogen) atoms. The SMILES string of the molecule is CCCCN1C[C@@H](c2nc3ccccc3n2CCOc2ccc(C(C)(C)C)cc2)CC1=O. The van der Waals surface area contributed by atoms with Crippen LogP contribution in [0.15, 0.2) is 48.5 Å². The molecule has 0 saturated carbocycles. The van der Waals surface area contributed by atoms with Gasteiger partial charge in [0, 0.05) is 25.4 Å². The van der Waals surface area contributed by atoms with Crippen molar-refractivity contribution in [3.05, 3.63) is 59.9 Å². The van der Waals surface area contributed by atoms with Crippen molar-refractivity contribution < 1.29 is 9.53 Å². The Hall–Kier alpha value is -2.82. The molecule has 4 rings (SSSR count). The van der Waals surface area contributed by atoms with Crippen LogP contribution < -0.4 is 4.74 Å². The predicted octanol–water partition coefficient (Wildman–Crippen LogP) is 5.53. The van der Waals surface area contributed by atoms with E-state index in [1.807, 2.05) is 23.1 Å². The first kappa shape index (κ1) is 22.4. The number of rotatable bonds is 8. The summed E-state index contributed by atoms with van der Waals surface area (Å²) in [6.07, 6.45) is 2.69. The number of likely N-dealkylation sites (tertiary alicyclic amines) is 1. The van der Waals surface area contributed by atoms with Gasteiger partial charge in [-0.2, -0.15) is 0 Å². The van der Waals surface area contributed by atoms with Gasteiger partial charge in [0.05, 0.1) is 17.6 Å². The zero-order valence-electron chi connectivity index (χ0n) is 19.8. The van der Waals surface area contributed by atoms with Gasteiger partial charge in [-0.3, -0.25) is 4.79 Å². The number of aromatic nitrogens is 2. The summed E-state index contributed by atoms with van der Waals surface area (Å²) in [5.74, 6) is 2.27. The Kier molecular flexibility index (Phi) is 6.54. The van der Waals surface area contributed by atoms with Crippen molar-refractivity contribution >= 4 is 16.9 Å². The summed E-state index contributed by atoms with van der Waals surface area (Å²) in [6.45, 7) is 11.7. The number of hydrogen-bond acceptors (Lipinski definition) is 3. The normalized spacial score (nSPS) is 16.8. The molecular formula is C27H35N3O2. The molecule has 1 fully saturated rings. The van der Waals surface area contributed by atoms with Crippen LogP contribution in [0.3, 0.4) is 0 Å². The molecule has 0 bridgehead atoms. The maximum Gasteiger partial charge on any atom is 0.223 e. The molecule has 0 aliphatic carbocycles. The van der Waals surface area contributed by atoms with Crippen LogP contribution in [0, 0.1) is 0 Å². The van der Waals surface area contributed by atoms with Gasteiger partial charge in [-0.1, -0.05) is 58.4 Å². The molecule has 1 aliphatic heterocycles. The van der Waals surface area contributed by atoms with Crippen LogP contribution >= 0.6 is 0 Å². The lowest BCUT2D eigenvalue weighted by Gasteiger charge is -2.19. The first-order valence-electron chi connectivity index (χ1n) is 11.8. The highest BCUT2D eigenvalue weighted by atomic mass is 16.5. The number of carbonyl (C=O) groups is 1. The zero-order valence-corrected chi connectivity index (χ0v) is 19.8. The number of nitrogens with zero attached hydrogens (tertiary/aromatic N) is 3. The van der Waals surface area contributed by atoms with Crippen molar-refractivity contribution in [1.29, 1.82) is 0 Å². The Balaban J connectivity index is 1.49. The van der Waals surface area contributed by atoms with E-state index in [2.05, 4.69) is 62.6 Å². The topological polar surface area (TPSA) is 47.4 Å². The first-order valence-corrected chi connectivity index (χ1v) is 11.8. The Morgan fingerprint density at radius 3 is 2.53 bits per heavy atom. The monoisotopic (exact) mass is 433 g/mol. The molecule has 5 heteroatoms. The average Bonchev–Trinajstić information content (AvgIpc) is 3.32. The van der Waals surface area contributed by atoms with E-state index in [9.17, 15) is 4.79 Å². The molecule has 1 aliphatic rings. The van der Waals surface area contributed by atoms with Crippen molar-refractivity contribution in [2.24, 2.45) is 0 Å². The van der Waals surface area contributed by atoms with Crippen molar-refractivity contribution in [1.82, 2.24) is 14.5 Å². The minimum absolute atomic E-state index is 0.132. The van der Waals surface area contributed by atoms with Crippen LogP contribution in [0.5, 0.6) is 5.75 Å². The third-order valence-corrected chi connectivity index (χ3v) is 6.35. The highest BCUT2D eigenvalue weighted by molar-refractivity contribution is 5.80. The molecule has 0 radical (unpaired) electrons. The molecule has 2 aromatic carbocycles. The van der Waals surface area contributed by atoms with Crippen LogP contribution in [0.1, 0.15) is 64.3 Å². The van der Waals surface area contributed by atoms with Gasteiger partial charge in [0.2, 0.25) is 5.91 Å². The minimum atomic E-state index is 0.132. The molecule has 0 N–H and O–H groups in total. The molecule has 0 spiro atoms. The highest BCUT2D eigenvalue weighted by Crippen LogP contribution is 2.31. The van der Waals surface area contributed by atoms with E-state index in [1.54, 1.807) is 0 Å². The van der Waals surface area contributed by atoms with Gasteiger partial charge in [-0.05, 0) is 41.7 Å². The number of fused-ring (bicyclic) bond motifs is 1. The standard InChI is InChI=1S/C27H35N3O2/c1-5-6-15-29-19-20(18-25(29)31)26-28-23-9-7-8-10-24(23)30(26)16-17-32-22-13-11-21(12-14-22)27(2,3)4/h7-14,20H,5-6,15-19H2,1-4H3/t20-/m0/s1. The summed E-state index contributed by atoms with van der Waals surface area (Å²) in [5.41, 5.74) is 3.52. The number of carbonyl (C=O) groups excluding carboxylic acids is 1. The molecule has 1 saturated heterocycles. The van der Waals surface area contributed by atoms with E-state index in [1.165, 1.54) is 5.56 Å². The van der Waals surface area contributed by atoms with Crippen LogP contribution in [0.2, 0.25) is 0 Å². The van der Waals surface area contributed by atoms with Crippen LogP contribution in [-0.2, 0) is 16.8 Å². The van der Waals surface area contributed by atoms with E-state index >= 15 is 0 Å². The predicted molar refractivity (Wildman–Crippen MR) is 129 cm³/mol. The molecule has 5 nitrogen and oxygen atoms in total. The molecule has 170 valence electrons. The van der Waals surface area contributed by atoms with Crippen molar-refractivity contribution in [2.75, 3.05) is 19.7 Å². The second-order valence-electron chi connectivity index (χ2n) is 9.83. The summed E-state index contributed by atoms with van der Waals surface area (Å²) >= 11 is 0. The third-order valence-electron chi connectivity index (χ3n) is 6.35. The minimum Gasteiger partial charge on any atom is -0.492 e. The van der Waals surface area contributed by atoms with Crippen molar-refractivity contribution in [3.8, 4) is 5.75 Å². The number of ether oxygens (including phenoxy) is 1. The van der Waals surface area contributed by atoms with Gasteiger partial charge in [0.25, 0.3) is 0 Å². The van der Waals surface area contributed by atoms with Gasteiger partial charge in [-0.25, -0.2) is 4.98 Å². The van der Waals surface area contributed by atoms with E-state index in [0.717, 1.165) is 48.5 Å². The van der Waals surface area contributed by atoms with E-state index < -0.39 is 0 Å². The summed E-state index contributed by atoms with van der Waals surface area (Å²) in [4.78, 5) is 19.5. The maximum absolute atomic E-state index is 12.6. The lowest BCUT2D eigenvalue weighted by Crippen LogP contribution is -2.26. The molecule has 2 heterocycles. The fraction of sp³-hybridized carbons (Fsp3) is 0.481. The van der Waals surface area contributed by atoms with Crippen LogP contribution in [0.25, 0.3) is 11.0 Å². The number of amides is 1. The number of unbranched alkanes of at least 4 members (excludes halogenated alkanes) is 1. The smallest absolute Gasteiger partial charge is 0.223 e. The van der Waals surface area contributed by atoms with Crippen LogP contribution in [-0.4, -0.2) is 40.1 Å². The summed E-state index contributed by atoms with van der Waals surface area (Å²) in [5, 5.41) is 0. The third kappa shape index (κ3) is 4.82. The number of para-hydroxylation sites is 2. The van der Waals surface area contributed by atoms with Crippen molar-refractivity contribution in [3.63, 3.8) is 0 Å². The maximum atomic E-state index is 12.6. The van der Waals surface area contributed by atoms with Crippen molar-refractivity contribution in [2.45, 2.75) is 64.8 Å². The lowest BCUT2D eigenvalue weighted by molar-refractivity contribution is -0.127. The molecule has 0 unspecified atom stereocenters. The Morgan fingerprint density at radius 1 is 1.06 bits per heavy atom. The largest absolute Gasteiger partial charge is 0.492 e. The second kappa shape index (κ2) is 9.35. The van der Waals surface area contributed by atoms with Gasteiger partial charge in [0.15, 0.2) is 0 Å². The average molecular weight is 434 g/mol. The van der Waals surface area contributed by atoms with Gasteiger partial charge >= 0.3 is 0 Å². The lowest BCUT2D eigenvalue weighted by atomic mass is 9.87. The fourth-order valence-electron chi connectivity index (χ4n) is 4.46. The van der Waals surface area contributed by atoms with Crippen LogP contribution in [0.4, 0.5) is 0 Å².